The molecule has 7 nitrogen and oxygen atoms in total. The lowest BCUT2D eigenvalue weighted by Gasteiger charge is -2.38. The van der Waals surface area contributed by atoms with Gasteiger partial charge in [-0.15, -0.1) is 0 Å². The van der Waals surface area contributed by atoms with Crippen LogP contribution in [0.2, 0.25) is 0 Å². The van der Waals surface area contributed by atoms with E-state index in [1.807, 2.05) is 6.07 Å². The molecule has 1 aromatic heterocycles. The molecule has 2 aromatic rings. The third-order valence-electron chi connectivity index (χ3n) is 3.77. The molecule has 0 unspecified atom stereocenters. The Balaban J connectivity index is 1.46. The predicted molar refractivity (Wildman–Crippen MR) is 88.4 cm³/mol. The van der Waals surface area contributed by atoms with E-state index >= 15 is 0 Å². The summed E-state index contributed by atoms with van der Waals surface area (Å²) >= 11 is 0. The average Bonchev–Trinajstić information content (AvgIpc) is 2.62. The molecule has 7 heteroatoms. The summed E-state index contributed by atoms with van der Waals surface area (Å²) in [5, 5.41) is 9.02. The van der Waals surface area contributed by atoms with Crippen molar-refractivity contribution < 1.29 is 19.0 Å². The predicted octanol–water partition coefficient (Wildman–Crippen LogP) is 1.63. The largest absolute Gasteiger partial charge is 0.497 e. The van der Waals surface area contributed by atoms with Gasteiger partial charge in [0.2, 0.25) is 5.88 Å². The molecule has 1 aromatic carbocycles. The van der Waals surface area contributed by atoms with Crippen molar-refractivity contribution in [3.8, 4) is 23.4 Å². The van der Waals surface area contributed by atoms with Crippen LogP contribution in [0.1, 0.15) is 5.56 Å². The second-order valence-electron chi connectivity index (χ2n) is 5.47. The van der Waals surface area contributed by atoms with Crippen molar-refractivity contribution in [1.29, 1.82) is 5.26 Å². The minimum absolute atomic E-state index is 0.0487. The number of likely N-dealkylation sites (tertiary alicyclic amines) is 1. The van der Waals surface area contributed by atoms with Gasteiger partial charge in [-0.3, -0.25) is 4.79 Å². The molecule has 128 valence electrons. The average molecular weight is 339 g/mol. The number of nitrogens with zero attached hydrogens (tertiary/aromatic N) is 3. The highest BCUT2D eigenvalue weighted by Crippen LogP contribution is 2.21. The highest BCUT2D eigenvalue weighted by Gasteiger charge is 2.33. The first-order valence-electron chi connectivity index (χ1n) is 7.76. The molecular formula is C18H17N3O4. The fraction of sp³-hybridized carbons (Fsp3) is 0.278. The van der Waals surface area contributed by atoms with Crippen molar-refractivity contribution in [2.45, 2.75) is 6.10 Å². The number of rotatable bonds is 6. The summed E-state index contributed by atoms with van der Waals surface area (Å²) in [5.41, 5.74) is 0.383. The Kier molecular flexibility index (Phi) is 5.00. The standard InChI is InChI=1S/C18H17N3O4/c1-23-14-5-2-6-15(8-14)24-12-17(22)21-10-16(11-21)25-18-13(9-19)4-3-7-20-18/h2-8,16H,10-12H2,1H3. The molecule has 3 rings (SSSR count). The third kappa shape index (κ3) is 3.98. The van der Waals surface area contributed by atoms with E-state index in [-0.39, 0.29) is 18.6 Å². The van der Waals surface area contributed by atoms with Crippen LogP contribution in [0.3, 0.4) is 0 Å². The van der Waals surface area contributed by atoms with E-state index in [4.69, 9.17) is 19.5 Å². The number of carbonyl (C=O) groups excluding carboxylic acids is 1. The zero-order chi connectivity index (χ0) is 17.6. The summed E-state index contributed by atoms with van der Waals surface area (Å²) in [6.07, 6.45) is 1.41. The van der Waals surface area contributed by atoms with Gasteiger partial charge in [0.15, 0.2) is 6.61 Å². The van der Waals surface area contributed by atoms with Gasteiger partial charge < -0.3 is 19.1 Å². The van der Waals surface area contributed by atoms with Crippen LogP contribution < -0.4 is 14.2 Å². The maximum Gasteiger partial charge on any atom is 0.260 e. The monoisotopic (exact) mass is 339 g/mol. The number of amides is 1. The molecule has 0 aliphatic carbocycles. The van der Waals surface area contributed by atoms with Gasteiger partial charge in [0, 0.05) is 12.3 Å². The molecule has 1 aliphatic heterocycles. The zero-order valence-corrected chi connectivity index (χ0v) is 13.7. The molecule has 0 bridgehead atoms. The summed E-state index contributed by atoms with van der Waals surface area (Å²) in [4.78, 5) is 17.8. The smallest absolute Gasteiger partial charge is 0.260 e. The molecule has 1 saturated heterocycles. The van der Waals surface area contributed by atoms with E-state index < -0.39 is 0 Å². The number of hydrogen-bond acceptors (Lipinski definition) is 6. The van der Waals surface area contributed by atoms with Crippen LogP contribution in [-0.2, 0) is 4.79 Å². The minimum Gasteiger partial charge on any atom is -0.497 e. The van der Waals surface area contributed by atoms with Gasteiger partial charge in [-0.05, 0) is 24.3 Å². The molecule has 25 heavy (non-hydrogen) atoms. The van der Waals surface area contributed by atoms with Gasteiger partial charge in [-0.1, -0.05) is 6.07 Å². The summed E-state index contributed by atoms with van der Waals surface area (Å²) in [7, 11) is 1.57. The van der Waals surface area contributed by atoms with Crippen LogP contribution in [-0.4, -0.2) is 48.7 Å². The van der Waals surface area contributed by atoms with Gasteiger partial charge in [-0.2, -0.15) is 5.26 Å². The Bertz CT molecular complexity index is 797. The molecule has 1 amide bonds. The number of benzene rings is 1. The van der Waals surface area contributed by atoms with Crippen molar-refractivity contribution >= 4 is 5.91 Å². The van der Waals surface area contributed by atoms with Crippen molar-refractivity contribution in [3.63, 3.8) is 0 Å². The SMILES string of the molecule is COc1cccc(OCC(=O)N2CC(Oc3ncccc3C#N)C2)c1. The van der Waals surface area contributed by atoms with Gasteiger partial charge in [-0.25, -0.2) is 4.98 Å². The molecule has 0 spiro atoms. The third-order valence-corrected chi connectivity index (χ3v) is 3.77. The first kappa shape index (κ1) is 16.6. The first-order valence-corrected chi connectivity index (χ1v) is 7.76. The maximum absolute atomic E-state index is 12.1. The molecule has 2 heterocycles. The molecule has 0 atom stereocenters. The summed E-state index contributed by atoms with van der Waals surface area (Å²) < 4.78 is 16.3. The number of carbonyl (C=O) groups is 1. The second kappa shape index (κ2) is 7.53. The van der Waals surface area contributed by atoms with Crippen molar-refractivity contribution in [1.82, 2.24) is 9.88 Å². The molecule has 0 radical (unpaired) electrons. The Labute approximate surface area is 145 Å². The molecule has 1 aliphatic rings. The van der Waals surface area contributed by atoms with Gasteiger partial charge >= 0.3 is 0 Å². The normalized spacial score (nSPS) is 13.5. The lowest BCUT2D eigenvalue weighted by atomic mass is 10.1. The van der Waals surface area contributed by atoms with Gasteiger partial charge in [0.25, 0.3) is 5.91 Å². The Morgan fingerprint density at radius 1 is 1.32 bits per heavy atom. The Morgan fingerprint density at radius 2 is 2.12 bits per heavy atom. The van der Waals surface area contributed by atoms with Crippen molar-refractivity contribution in [2.24, 2.45) is 0 Å². The quantitative estimate of drug-likeness (QED) is 0.795. The summed E-state index contributed by atoms with van der Waals surface area (Å²) in [6.45, 7) is 0.844. The molecular weight excluding hydrogens is 322 g/mol. The van der Waals surface area contributed by atoms with E-state index in [0.29, 0.717) is 36.0 Å². The number of hydrogen-bond donors (Lipinski definition) is 0. The van der Waals surface area contributed by atoms with E-state index in [1.165, 1.54) is 0 Å². The number of nitriles is 1. The van der Waals surface area contributed by atoms with E-state index in [9.17, 15) is 4.79 Å². The maximum atomic E-state index is 12.1. The fourth-order valence-corrected chi connectivity index (χ4v) is 2.37. The number of pyridine rings is 1. The van der Waals surface area contributed by atoms with Crippen LogP contribution in [0.15, 0.2) is 42.6 Å². The Morgan fingerprint density at radius 3 is 2.88 bits per heavy atom. The lowest BCUT2D eigenvalue weighted by molar-refractivity contribution is -0.142. The molecule has 1 fully saturated rings. The van der Waals surface area contributed by atoms with Crippen LogP contribution >= 0.6 is 0 Å². The zero-order valence-electron chi connectivity index (χ0n) is 13.7. The van der Waals surface area contributed by atoms with Crippen LogP contribution in [0.25, 0.3) is 0 Å². The van der Waals surface area contributed by atoms with Crippen LogP contribution in [0, 0.1) is 11.3 Å². The van der Waals surface area contributed by atoms with Crippen molar-refractivity contribution in [2.75, 3.05) is 26.8 Å². The van der Waals surface area contributed by atoms with Crippen LogP contribution in [0.4, 0.5) is 0 Å². The number of aromatic nitrogens is 1. The fourth-order valence-electron chi connectivity index (χ4n) is 2.37. The summed E-state index contributed by atoms with van der Waals surface area (Å²) in [5.74, 6) is 1.43. The first-order chi connectivity index (χ1) is 12.2. The summed E-state index contributed by atoms with van der Waals surface area (Å²) in [6, 6.07) is 12.4. The highest BCUT2D eigenvalue weighted by molar-refractivity contribution is 5.78. The highest BCUT2D eigenvalue weighted by atomic mass is 16.5. The number of ether oxygens (including phenoxy) is 3. The minimum atomic E-state index is -0.164. The Hall–Kier alpha value is -3.27. The van der Waals surface area contributed by atoms with Crippen LogP contribution in [0.5, 0.6) is 17.4 Å². The van der Waals surface area contributed by atoms with Gasteiger partial charge in [0.05, 0.1) is 20.2 Å². The van der Waals surface area contributed by atoms with Crippen molar-refractivity contribution in [3.05, 3.63) is 48.2 Å². The van der Waals surface area contributed by atoms with E-state index in [1.54, 1.807) is 54.6 Å². The van der Waals surface area contributed by atoms with Gasteiger partial charge in [0.1, 0.15) is 29.2 Å². The van der Waals surface area contributed by atoms with E-state index in [2.05, 4.69) is 4.98 Å². The van der Waals surface area contributed by atoms with E-state index in [0.717, 1.165) is 0 Å². The molecule has 0 N–H and O–H groups in total. The lowest BCUT2D eigenvalue weighted by Crippen LogP contribution is -2.57. The topological polar surface area (TPSA) is 84.7 Å². The number of methoxy groups -OCH3 is 1. The second-order valence-corrected chi connectivity index (χ2v) is 5.47. The molecule has 0 saturated carbocycles.